The molecule has 1 aromatic heterocycles. The number of rotatable bonds is 2. The van der Waals surface area contributed by atoms with Crippen LogP contribution in [0.25, 0.3) is 0 Å². The predicted molar refractivity (Wildman–Crippen MR) is 64.5 cm³/mol. The van der Waals surface area contributed by atoms with Crippen molar-refractivity contribution in [2.45, 2.75) is 16.8 Å². The molecule has 0 N–H and O–H groups in total. The molecule has 0 atom stereocenters. The van der Waals surface area contributed by atoms with Crippen LogP contribution in [0, 0.1) is 6.92 Å². The molecule has 0 unspecified atom stereocenters. The van der Waals surface area contributed by atoms with Gasteiger partial charge in [0, 0.05) is 4.90 Å². The summed E-state index contributed by atoms with van der Waals surface area (Å²) in [6.45, 7) is 2.08. The third-order valence-corrected chi connectivity index (χ3v) is 3.04. The van der Waals surface area contributed by atoms with E-state index in [1.807, 2.05) is 18.2 Å². The number of pyridine rings is 1. The minimum Gasteiger partial charge on any atom is -0.229 e. The van der Waals surface area contributed by atoms with E-state index in [1.165, 1.54) is 10.5 Å². The molecule has 15 heavy (non-hydrogen) atoms. The highest BCUT2D eigenvalue weighted by atomic mass is 35.5. The van der Waals surface area contributed by atoms with Gasteiger partial charge in [0.05, 0.1) is 0 Å². The molecule has 2 aromatic rings. The van der Waals surface area contributed by atoms with Crippen LogP contribution in [0.3, 0.4) is 0 Å². The average molecular weight is 236 g/mol. The fourth-order valence-corrected chi connectivity index (χ4v) is 2.38. The van der Waals surface area contributed by atoms with E-state index in [9.17, 15) is 0 Å². The normalized spacial score (nSPS) is 10.3. The van der Waals surface area contributed by atoms with Crippen molar-refractivity contribution in [1.82, 2.24) is 4.98 Å². The average Bonchev–Trinajstić information content (AvgIpc) is 2.17. The largest absolute Gasteiger partial charge is 0.229 e. The minimum absolute atomic E-state index is 0.535. The van der Waals surface area contributed by atoms with Crippen molar-refractivity contribution in [2.24, 2.45) is 0 Å². The smallest absolute Gasteiger partial charge is 0.130 e. The highest BCUT2D eigenvalue weighted by Gasteiger charge is 1.99. The SMILES string of the molecule is Cc1cccc(Sc2cccc(Cl)n2)c1. The number of aryl methyl sites for hydroxylation is 1. The Morgan fingerprint density at radius 2 is 1.93 bits per heavy atom. The van der Waals surface area contributed by atoms with Gasteiger partial charge in [-0.15, -0.1) is 0 Å². The molecular weight excluding hydrogens is 226 g/mol. The highest BCUT2D eigenvalue weighted by Crippen LogP contribution is 2.27. The summed E-state index contributed by atoms with van der Waals surface area (Å²) < 4.78 is 0. The van der Waals surface area contributed by atoms with Crippen LogP contribution in [-0.2, 0) is 0 Å². The Hall–Kier alpha value is -0.990. The van der Waals surface area contributed by atoms with Crippen molar-refractivity contribution >= 4 is 23.4 Å². The Morgan fingerprint density at radius 1 is 1.13 bits per heavy atom. The third kappa shape index (κ3) is 2.98. The van der Waals surface area contributed by atoms with Gasteiger partial charge in [-0.05, 0) is 31.2 Å². The highest BCUT2D eigenvalue weighted by molar-refractivity contribution is 7.99. The van der Waals surface area contributed by atoms with Crippen LogP contribution in [-0.4, -0.2) is 4.98 Å². The number of benzene rings is 1. The van der Waals surface area contributed by atoms with Crippen molar-refractivity contribution in [2.75, 3.05) is 0 Å². The summed E-state index contributed by atoms with van der Waals surface area (Å²) in [6.07, 6.45) is 0. The monoisotopic (exact) mass is 235 g/mol. The van der Waals surface area contributed by atoms with Crippen molar-refractivity contribution in [3.05, 3.63) is 53.2 Å². The maximum atomic E-state index is 5.82. The van der Waals surface area contributed by atoms with Crippen molar-refractivity contribution < 1.29 is 0 Å². The molecule has 1 nitrogen and oxygen atoms in total. The zero-order valence-corrected chi connectivity index (χ0v) is 9.85. The second kappa shape index (κ2) is 4.69. The molecule has 76 valence electrons. The Bertz CT molecular complexity index is 427. The molecule has 0 spiro atoms. The van der Waals surface area contributed by atoms with Crippen molar-refractivity contribution in [3.8, 4) is 0 Å². The fraction of sp³-hybridized carbons (Fsp3) is 0.0833. The van der Waals surface area contributed by atoms with Gasteiger partial charge in [0.25, 0.3) is 0 Å². The van der Waals surface area contributed by atoms with Gasteiger partial charge in [-0.2, -0.15) is 0 Å². The minimum atomic E-state index is 0.535. The first-order valence-electron chi connectivity index (χ1n) is 4.61. The third-order valence-electron chi connectivity index (χ3n) is 1.90. The van der Waals surface area contributed by atoms with E-state index >= 15 is 0 Å². The van der Waals surface area contributed by atoms with E-state index in [1.54, 1.807) is 17.8 Å². The molecule has 0 aliphatic rings. The standard InChI is InChI=1S/C12H10ClNS/c1-9-4-2-5-10(8-9)15-12-7-3-6-11(13)14-12/h2-8H,1H3. The number of hydrogen-bond acceptors (Lipinski definition) is 2. The molecule has 3 heteroatoms. The van der Waals surface area contributed by atoms with E-state index in [0.29, 0.717) is 5.15 Å². The van der Waals surface area contributed by atoms with Gasteiger partial charge in [-0.1, -0.05) is 47.1 Å². The summed E-state index contributed by atoms with van der Waals surface area (Å²) in [5.74, 6) is 0. The van der Waals surface area contributed by atoms with Crippen LogP contribution >= 0.6 is 23.4 Å². The van der Waals surface area contributed by atoms with Crippen LogP contribution < -0.4 is 0 Å². The second-order valence-electron chi connectivity index (χ2n) is 3.22. The van der Waals surface area contributed by atoms with E-state index in [0.717, 1.165) is 5.03 Å². The Morgan fingerprint density at radius 3 is 2.67 bits per heavy atom. The summed E-state index contributed by atoms with van der Waals surface area (Å²) in [5.41, 5.74) is 1.25. The number of aromatic nitrogens is 1. The van der Waals surface area contributed by atoms with E-state index < -0.39 is 0 Å². The summed E-state index contributed by atoms with van der Waals surface area (Å²) >= 11 is 7.44. The fourth-order valence-electron chi connectivity index (χ4n) is 1.25. The maximum absolute atomic E-state index is 5.82. The van der Waals surface area contributed by atoms with E-state index in [4.69, 9.17) is 11.6 Å². The Kier molecular flexibility index (Phi) is 3.29. The van der Waals surface area contributed by atoms with Gasteiger partial charge in [0.2, 0.25) is 0 Å². The molecule has 0 fully saturated rings. The molecular formula is C12H10ClNS. The zero-order chi connectivity index (χ0) is 10.7. The van der Waals surface area contributed by atoms with Gasteiger partial charge in [-0.25, -0.2) is 4.98 Å². The van der Waals surface area contributed by atoms with Crippen LogP contribution in [0.15, 0.2) is 52.4 Å². The lowest BCUT2D eigenvalue weighted by molar-refractivity contribution is 1.13. The number of halogens is 1. The van der Waals surface area contributed by atoms with Crippen LogP contribution in [0.1, 0.15) is 5.56 Å². The summed E-state index contributed by atoms with van der Waals surface area (Å²) in [7, 11) is 0. The Labute approximate surface area is 98.5 Å². The predicted octanol–water partition coefficient (Wildman–Crippen LogP) is 4.19. The quantitative estimate of drug-likeness (QED) is 0.724. The summed E-state index contributed by atoms with van der Waals surface area (Å²) in [5, 5.41) is 1.46. The van der Waals surface area contributed by atoms with Gasteiger partial charge in [-0.3, -0.25) is 0 Å². The van der Waals surface area contributed by atoms with Gasteiger partial charge in [0.15, 0.2) is 0 Å². The summed E-state index contributed by atoms with van der Waals surface area (Å²) in [4.78, 5) is 5.41. The lowest BCUT2D eigenvalue weighted by Crippen LogP contribution is -1.80. The zero-order valence-electron chi connectivity index (χ0n) is 8.27. The van der Waals surface area contributed by atoms with Gasteiger partial charge in [0.1, 0.15) is 10.2 Å². The second-order valence-corrected chi connectivity index (χ2v) is 4.70. The van der Waals surface area contributed by atoms with E-state index in [-0.39, 0.29) is 0 Å². The molecule has 0 bridgehead atoms. The lowest BCUT2D eigenvalue weighted by Gasteiger charge is -2.01. The lowest BCUT2D eigenvalue weighted by atomic mass is 10.2. The molecule has 0 aliphatic heterocycles. The first-order chi connectivity index (χ1) is 7.24. The maximum Gasteiger partial charge on any atom is 0.130 e. The van der Waals surface area contributed by atoms with Gasteiger partial charge >= 0.3 is 0 Å². The van der Waals surface area contributed by atoms with Crippen LogP contribution in [0.2, 0.25) is 5.15 Å². The van der Waals surface area contributed by atoms with Crippen LogP contribution in [0.5, 0.6) is 0 Å². The summed E-state index contributed by atoms with van der Waals surface area (Å²) in [6, 6.07) is 14.0. The molecule has 1 heterocycles. The first-order valence-corrected chi connectivity index (χ1v) is 5.80. The first kappa shape index (κ1) is 10.5. The van der Waals surface area contributed by atoms with E-state index in [2.05, 4.69) is 30.1 Å². The Balaban J connectivity index is 2.22. The van der Waals surface area contributed by atoms with Crippen LogP contribution in [0.4, 0.5) is 0 Å². The molecule has 0 radical (unpaired) electrons. The van der Waals surface area contributed by atoms with Crippen molar-refractivity contribution in [3.63, 3.8) is 0 Å². The number of hydrogen-bond donors (Lipinski definition) is 0. The molecule has 0 aliphatic carbocycles. The van der Waals surface area contributed by atoms with Gasteiger partial charge < -0.3 is 0 Å². The number of nitrogens with zero attached hydrogens (tertiary/aromatic N) is 1. The molecule has 0 saturated carbocycles. The van der Waals surface area contributed by atoms with Crippen molar-refractivity contribution in [1.29, 1.82) is 0 Å². The topological polar surface area (TPSA) is 12.9 Å². The molecule has 2 rings (SSSR count). The molecule has 0 saturated heterocycles. The molecule has 1 aromatic carbocycles. The molecule has 0 amide bonds.